The Hall–Kier alpha value is -1.09. The van der Waals surface area contributed by atoms with Gasteiger partial charge in [-0.15, -0.1) is 0 Å². The zero-order valence-electron chi connectivity index (χ0n) is 7.55. The van der Waals surface area contributed by atoms with Crippen LogP contribution in [-0.4, -0.2) is 18.1 Å². The predicted octanol–water partition coefficient (Wildman–Crippen LogP) is 0.842. The average Bonchev–Trinajstić information content (AvgIpc) is 2.19. The van der Waals surface area contributed by atoms with E-state index in [4.69, 9.17) is 0 Å². The second-order valence-corrected chi connectivity index (χ2v) is 3.50. The SMILES string of the molecule is O=c1cc[nH]c(C2CCNCC2)c1. The molecule has 2 rings (SSSR count). The zero-order chi connectivity index (χ0) is 9.10. The van der Waals surface area contributed by atoms with Gasteiger partial charge in [0.15, 0.2) is 5.43 Å². The zero-order valence-corrected chi connectivity index (χ0v) is 7.55. The van der Waals surface area contributed by atoms with E-state index in [2.05, 4.69) is 10.3 Å². The fourth-order valence-electron chi connectivity index (χ4n) is 1.83. The van der Waals surface area contributed by atoms with Crippen molar-refractivity contribution in [2.75, 3.05) is 13.1 Å². The maximum Gasteiger partial charge on any atom is 0.181 e. The average molecular weight is 178 g/mol. The monoisotopic (exact) mass is 178 g/mol. The molecule has 0 radical (unpaired) electrons. The second-order valence-electron chi connectivity index (χ2n) is 3.50. The van der Waals surface area contributed by atoms with Crippen molar-refractivity contribution in [3.8, 4) is 0 Å². The summed E-state index contributed by atoms with van der Waals surface area (Å²) in [7, 11) is 0. The van der Waals surface area contributed by atoms with Crippen LogP contribution < -0.4 is 10.7 Å². The molecule has 3 nitrogen and oxygen atoms in total. The van der Waals surface area contributed by atoms with Crippen LogP contribution >= 0.6 is 0 Å². The van der Waals surface area contributed by atoms with Crippen molar-refractivity contribution >= 4 is 0 Å². The first-order valence-corrected chi connectivity index (χ1v) is 4.75. The van der Waals surface area contributed by atoms with E-state index >= 15 is 0 Å². The van der Waals surface area contributed by atoms with Crippen molar-refractivity contribution < 1.29 is 0 Å². The Labute approximate surface area is 77.2 Å². The van der Waals surface area contributed by atoms with Crippen LogP contribution in [0, 0.1) is 0 Å². The fourth-order valence-corrected chi connectivity index (χ4v) is 1.83. The quantitative estimate of drug-likeness (QED) is 0.669. The van der Waals surface area contributed by atoms with Gasteiger partial charge in [-0.3, -0.25) is 4.79 Å². The van der Waals surface area contributed by atoms with Crippen LogP contribution in [0.1, 0.15) is 24.5 Å². The Balaban J connectivity index is 2.19. The van der Waals surface area contributed by atoms with Crippen LogP contribution in [0.5, 0.6) is 0 Å². The summed E-state index contributed by atoms with van der Waals surface area (Å²) >= 11 is 0. The molecule has 1 aliphatic rings. The van der Waals surface area contributed by atoms with Crippen molar-refractivity contribution in [2.24, 2.45) is 0 Å². The van der Waals surface area contributed by atoms with Gasteiger partial charge in [0.1, 0.15) is 0 Å². The number of hydrogen-bond donors (Lipinski definition) is 2. The molecule has 0 spiro atoms. The number of hydrogen-bond acceptors (Lipinski definition) is 2. The largest absolute Gasteiger partial charge is 0.365 e. The summed E-state index contributed by atoms with van der Waals surface area (Å²) < 4.78 is 0. The summed E-state index contributed by atoms with van der Waals surface area (Å²) in [4.78, 5) is 14.2. The maximum absolute atomic E-state index is 11.1. The molecule has 0 amide bonds. The molecule has 1 aromatic rings. The van der Waals surface area contributed by atoms with Gasteiger partial charge < -0.3 is 10.3 Å². The Morgan fingerprint density at radius 2 is 2.08 bits per heavy atom. The number of rotatable bonds is 1. The molecule has 70 valence electrons. The Morgan fingerprint density at radius 1 is 1.31 bits per heavy atom. The van der Waals surface area contributed by atoms with Gasteiger partial charge >= 0.3 is 0 Å². The molecule has 1 aromatic heterocycles. The van der Waals surface area contributed by atoms with Crippen LogP contribution in [0.2, 0.25) is 0 Å². The first-order valence-electron chi connectivity index (χ1n) is 4.75. The lowest BCUT2D eigenvalue weighted by molar-refractivity contribution is 0.453. The first-order chi connectivity index (χ1) is 6.36. The van der Waals surface area contributed by atoms with Crippen molar-refractivity contribution in [3.63, 3.8) is 0 Å². The molecule has 0 bridgehead atoms. The molecular weight excluding hydrogens is 164 g/mol. The van der Waals surface area contributed by atoms with E-state index in [9.17, 15) is 4.79 Å². The summed E-state index contributed by atoms with van der Waals surface area (Å²) in [5.41, 5.74) is 1.20. The minimum Gasteiger partial charge on any atom is -0.365 e. The number of H-pyrrole nitrogens is 1. The molecule has 0 aliphatic carbocycles. The van der Waals surface area contributed by atoms with Crippen LogP contribution in [0.25, 0.3) is 0 Å². The van der Waals surface area contributed by atoms with Gasteiger partial charge in [-0.1, -0.05) is 0 Å². The molecule has 0 saturated carbocycles. The van der Waals surface area contributed by atoms with Gasteiger partial charge in [-0.2, -0.15) is 0 Å². The molecule has 1 saturated heterocycles. The first kappa shape index (κ1) is 8.51. The van der Waals surface area contributed by atoms with E-state index in [1.165, 1.54) is 0 Å². The van der Waals surface area contributed by atoms with E-state index in [1.807, 2.05) is 0 Å². The predicted molar refractivity (Wildman–Crippen MR) is 51.9 cm³/mol. The highest BCUT2D eigenvalue weighted by molar-refractivity contribution is 5.10. The number of piperidine rings is 1. The molecule has 2 N–H and O–H groups in total. The molecule has 0 atom stereocenters. The highest BCUT2D eigenvalue weighted by Gasteiger charge is 2.15. The van der Waals surface area contributed by atoms with Gasteiger partial charge in [0.25, 0.3) is 0 Å². The summed E-state index contributed by atoms with van der Waals surface area (Å²) in [5, 5.41) is 3.31. The number of pyridine rings is 1. The highest BCUT2D eigenvalue weighted by atomic mass is 16.1. The number of aromatic amines is 1. The van der Waals surface area contributed by atoms with E-state index in [-0.39, 0.29) is 5.43 Å². The van der Waals surface area contributed by atoms with Crippen LogP contribution in [0.3, 0.4) is 0 Å². The van der Waals surface area contributed by atoms with E-state index in [1.54, 1.807) is 18.3 Å². The van der Waals surface area contributed by atoms with Gasteiger partial charge in [0.2, 0.25) is 0 Å². The smallest absolute Gasteiger partial charge is 0.181 e. The minimum absolute atomic E-state index is 0.104. The lowest BCUT2D eigenvalue weighted by Crippen LogP contribution is -2.27. The van der Waals surface area contributed by atoms with Crippen molar-refractivity contribution in [3.05, 3.63) is 34.2 Å². The lowest BCUT2D eigenvalue weighted by atomic mass is 9.94. The van der Waals surface area contributed by atoms with Crippen molar-refractivity contribution in [2.45, 2.75) is 18.8 Å². The second kappa shape index (κ2) is 3.75. The highest BCUT2D eigenvalue weighted by Crippen LogP contribution is 2.21. The molecule has 0 aromatic carbocycles. The lowest BCUT2D eigenvalue weighted by Gasteiger charge is -2.22. The van der Waals surface area contributed by atoms with Crippen molar-refractivity contribution in [1.82, 2.24) is 10.3 Å². The van der Waals surface area contributed by atoms with E-state index in [0.717, 1.165) is 31.6 Å². The van der Waals surface area contributed by atoms with Gasteiger partial charge in [-0.05, 0) is 25.9 Å². The third kappa shape index (κ3) is 1.98. The topological polar surface area (TPSA) is 44.9 Å². The Bertz CT molecular complexity index is 326. The van der Waals surface area contributed by atoms with Gasteiger partial charge in [-0.25, -0.2) is 0 Å². The van der Waals surface area contributed by atoms with Gasteiger partial charge in [0, 0.05) is 29.9 Å². The molecule has 0 unspecified atom stereocenters. The standard InChI is InChI=1S/C10H14N2O/c13-9-3-6-12-10(7-9)8-1-4-11-5-2-8/h3,6-8,11H,1-2,4-5H2,(H,12,13). The van der Waals surface area contributed by atoms with Gasteiger partial charge in [0.05, 0.1) is 0 Å². The maximum atomic E-state index is 11.1. The number of aromatic nitrogens is 1. The Morgan fingerprint density at radius 3 is 2.77 bits per heavy atom. The van der Waals surface area contributed by atoms with Crippen molar-refractivity contribution in [1.29, 1.82) is 0 Å². The minimum atomic E-state index is 0.104. The molecule has 1 fully saturated rings. The molecular formula is C10H14N2O. The summed E-state index contributed by atoms with van der Waals surface area (Å²) in [6.07, 6.45) is 3.99. The normalized spacial score (nSPS) is 18.8. The molecule has 13 heavy (non-hydrogen) atoms. The van der Waals surface area contributed by atoms with E-state index in [0.29, 0.717) is 5.92 Å². The van der Waals surface area contributed by atoms with Crippen LogP contribution in [0.4, 0.5) is 0 Å². The molecule has 2 heterocycles. The third-order valence-electron chi connectivity index (χ3n) is 2.57. The fraction of sp³-hybridized carbons (Fsp3) is 0.500. The molecule has 3 heteroatoms. The third-order valence-corrected chi connectivity index (χ3v) is 2.57. The summed E-state index contributed by atoms with van der Waals surface area (Å²) in [5.74, 6) is 0.537. The van der Waals surface area contributed by atoms with Crippen LogP contribution in [-0.2, 0) is 0 Å². The number of nitrogens with one attached hydrogen (secondary N) is 2. The summed E-state index contributed by atoms with van der Waals surface area (Å²) in [6, 6.07) is 3.28. The summed E-state index contributed by atoms with van der Waals surface area (Å²) in [6.45, 7) is 2.11. The Kier molecular flexibility index (Phi) is 2.45. The van der Waals surface area contributed by atoms with E-state index < -0.39 is 0 Å². The molecule has 1 aliphatic heterocycles. The van der Waals surface area contributed by atoms with Crippen LogP contribution in [0.15, 0.2) is 23.1 Å².